The quantitative estimate of drug-likeness (QED) is 0.697. The molecule has 1 aliphatic carbocycles. The summed E-state index contributed by atoms with van der Waals surface area (Å²) in [5.74, 6) is 1.30. The molecular formula is C13H16O. The molecule has 2 atom stereocenters. The molecule has 1 saturated carbocycles. The van der Waals surface area contributed by atoms with Gasteiger partial charge in [0.15, 0.2) is 0 Å². The third-order valence-electron chi connectivity index (χ3n) is 3.32. The lowest BCUT2D eigenvalue weighted by molar-refractivity contribution is -0.120. The average molecular weight is 188 g/mol. The minimum Gasteiger partial charge on any atom is -0.299 e. The predicted octanol–water partition coefficient (Wildman–Crippen LogP) is 2.84. The number of Topliss-reactive ketones (excluding diaryl/α,β-unsaturated/α-hetero) is 1. The predicted molar refractivity (Wildman–Crippen MR) is 57.0 cm³/mol. The Bertz CT molecular complexity index is 315. The maximum absolute atomic E-state index is 11.4. The van der Waals surface area contributed by atoms with Crippen molar-refractivity contribution in [3.8, 4) is 0 Å². The molecule has 0 N–H and O–H groups in total. The number of hydrogen-bond acceptors (Lipinski definition) is 1. The van der Waals surface area contributed by atoms with E-state index in [1.807, 2.05) is 6.07 Å². The Labute approximate surface area is 85.1 Å². The second kappa shape index (κ2) is 3.95. The second-order valence-corrected chi connectivity index (χ2v) is 4.24. The van der Waals surface area contributed by atoms with Crippen LogP contribution in [0.5, 0.6) is 0 Å². The van der Waals surface area contributed by atoms with Gasteiger partial charge >= 0.3 is 0 Å². The van der Waals surface area contributed by atoms with Gasteiger partial charge in [-0.25, -0.2) is 0 Å². The van der Waals surface area contributed by atoms with Gasteiger partial charge in [-0.1, -0.05) is 37.3 Å². The van der Waals surface area contributed by atoms with Crippen LogP contribution in [0.3, 0.4) is 0 Å². The standard InChI is InChI=1S/C13H16O/c1-10-12(7-8-13(10)14)9-11-5-3-2-4-6-11/h2-6,10,12H,7-9H2,1H3. The maximum atomic E-state index is 11.4. The van der Waals surface area contributed by atoms with Gasteiger partial charge in [-0.15, -0.1) is 0 Å². The third kappa shape index (κ3) is 1.87. The van der Waals surface area contributed by atoms with Gasteiger partial charge in [0, 0.05) is 12.3 Å². The molecule has 0 spiro atoms. The van der Waals surface area contributed by atoms with Crippen LogP contribution >= 0.6 is 0 Å². The summed E-state index contributed by atoms with van der Waals surface area (Å²) in [6, 6.07) is 10.5. The van der Waals surface area contributed by atoms with E-state index in [0.29, 0.717) is 11.7 Å². The van der Waals surface area contributed by atoms with Crippen molar-refractivity contribution in [2.24, 2.45) is 11.8 Å². The van der Waals surface area contributed by atoms with Crippen LogP contribution in [-0.4, -0.2) is 5.78 Å². The van der Waals surface area contributed by atoms with Gasteiger partial charge < -0.3 is 0 Å². The first-order valence-corrected chi connectivity index (χ1v) is 5.34. The normalized spacial score (nSPS) is 26.8. The summed E-state index contributed by atoms with van der Waals surface area (Å²) < 4.78 is 0. The van der Waals surface area contributed by atoms with Crippen LogP contribution in [0.15, 0.2) is 30.3 Å². The molecule has 1 heteroatoms. The number of carbonyl (C=O) groups is 1. The van der Waals surface area contributed by atoms with Crippen LogP contribution in [-0.2, 0) is 11.2 Å². The van der Waals surface area contributed by atoms with Crippen molar-refractivity contribution >= 4 is 5.78 Å². The summed E-state index contributed by atoms with van der Waals surface area (Å²) in [6.45, 7) is 2.07. The molecule has 0 radical (unpaired) electrons. The Balaban J connectivity index is 2.02. The minimum absolute atomic E-state index is 0.273. The monoisotopic (exact) mass is 188 g/mol. The summed E-state index contributed by atoms with van der Waals surface area (Å²) in [5, 5.41) is 0. The summed E-state index contributed by atoms with van der Waals surface area (Å²) in [5.41, 5.74) is 1.36. The highest BCUT2D eigenvalue weighted by molar-refractivity contribution is 5.83. The Morgan fingerprint density at radius 1 is 1.29 bits per heavy atom. The Morgan fingerprint density at radius 2 is 2.00 bits per heavy atom. The largest absolute Gasteiger partial charge is 0.299 e. The van der Waals surface area contributed by atoms with Crippen molar-refractivity contribution in [2.75, 3.05) is 0 Å². The topological polar surface area (TPSA) is 17.1 Å². The molecule has 2 unspecified atom stereocenters. The molecule has 1 aliphatic rings. The lowest BCUT2D eigenvalue weighted by Gasteiger charge is -2.13. The van der Waals surface area contributed by atoms with Crippen LogP contribution in [0.25, 0.3) is 0 Å². The number of hydrogen-bond donors (Lipinski definition) is 0. The number of carbonyl (C=O) groups excluding carboxylic acids is 1. The van der Waals surface area contributed by atoms with Gasteiger partial charge in [0.25, 0.3) is 0 Å². The molecule has 0 saturated heterocycles. The van der Waals surface area contributed by atoms with E-state index in [9.17, 15) is 4.79 Å². The molecule has 1 fully saturated rings. The fraction of sp³-hybridized carbons (Fsp3) is 0.462. The first-order chi connectivity index (χ1) is 6.77. The van der Waals surface area contributed by atoms with Crippen molar-refractivity contribution in [1.29, 1.82) is 0 Å². The van der Waals surface area contributed by atoms with Crippen molar-refractivity contribution in [3.05, 3.63) is 35.9 Å². The zero-order chi connectivity index (χ0) is 9.97. The molecule has 1 nitrogen and oxygen atoms in total. The van der Waals surface area contributed by atoms with E-state index in [1.165, 1.54) is 5.56 Å². The molecule has 0 heterocycles. The van der Waals surface area contributed by atoms with Crippen LogP contribution in [0, 0.1) is 11.8 Å². The smallest absolute Gasteiger partial charge is 0.135 e. The van der Waals surface area contributed by atoms with Crippen LogP contribution in [0.1, 0.15) is 25.3 Å². The summed E-state index contributed by atoms with van der Waals surface area (Å²) in [4.78, 5) is 11.4. The highest BCUT2D eigenvalue weighted by Crippen LogP contribution is 2.30. The highest BCUT2D eigenvalue weighted by atomic mass is 16.1. The molecule has 14 heavy (non-hydrogen) atoms. The lowest BCUT2D eigenvalue weighted by Crippen LogP contribution is -2.12. The zero-order valence-electron chi connectivity index (χ0n) is 8.57. The van der Waals surface area contributed by atoms with Gasteiger partial charge in [0.2, 0.25) is 0 Å². The van der Waals surface area contributed by atoms with Gasteiger partial charge in [0.05, 0.1) is 0 Å². The molecule has 2 rings (SSSR count). The van der Waals surface area contributed by atoms with Gasteiger partial charge in [-0.3, -0.25) is 4.79 Å². The minimum atomic E-state index is 0.273. The molecule has 1 aromatic carbocycles. The molecule has 0 bridgehead atoms. The first-order valence-electron chi connectivity index (χ1n) is 5.34. The number of ketones is 1. The highest BCUT2D eigenvalue weighted by Gasteiger charge is 2.30. The van der Waals surface area contributed by atoms with E-state index in [0.717, 1.165) is 19.3 Å². The van der Waals surface area contributed by atoms with Crippen molar-refractivity contribution in [2.45, 2.75) is 26.2 Å². The summed E-state index contributed by atoms with van der Waals surface area (Å²) in [7, 11) is 0. The lowest BCUT2D eigenvalue weighted by atomic mass is 9.91. The van der Waals surface area contributed by atoms with Gasteiger partial charge in [0.1, 0.15) is 5.78 Å². The van der Waals surface area contributed by atoms with Gasteiger partial charge in [-0.05, 0) is 24.3 Å². The third-order valence-corrected chi connectivity index (χ3v) is 3.32. The number of rotatable bonds is 2. The second-order valence-electron chi connectivity index (χ2n) is 4.24. The molecule has 0 amide bonds. The average Bonchev–Trinajstić information content (AvgIpc) is 2.52. The summed E-state index contributed by atoms with van der Waals surface area (Å²) in [6.07, 6.45) is 2.93. The van der Waals surface area contributed by atoms with E-state index in [2.05, 4.69) is 31.2 Å². The van der Waals surface area contributed by atoms with E-state index in [1.54, 1.807) is 0 Å². The molecule has 0 aliphatic heterocycles. The number of benzene rings is 1. The molecule has 0 aromatic heterocycles. The Kier molecular flexibility index (Phi) is 2.67. The Morgan fingerprint density at radius 3 is 2.57 bits per heavy atom. The van der Waals surface area contributed by atoms with E-state index < -0.39 is 0 Å². The van der Waals surface area contributed by atoms with Crippen molar-refractivity contribution in [1.82, 2.24) is 0 Å². The molecular weight excluding hydrogens is 172 g/mol. The molecule has 74 valence electrons. The fourth-order valence-electron chi connectivity index (χ4n) is 2.26. The Hall–Kier alpha value is -1.11. The van der Waals surface area contributed by atoms with Gasteiger partial charge in [-0.2, -0.15) is 0 Å². The maximum Gasteiger partial charge on any atom is 0.135 e. The summed E-state index contributed by atoms with van der Waals surface area (Å²) >= 11 is 0. The van der Waals surface area contributed by atoms with E-state index in [-0.39, 0.29) is 5.92 Å². The fourth-order valence-corrected chi connectivity index (χ4v) is 2.26. The molecule has 1 aromatic rings. The van der Waals surface area contributed by atoms with Crippen LogP contribution < -0.4 is 0 Å². The van der Waals surface area contributed by atoms with Crippen LogP contribution in [0.4, 0.5) is 0 Å². The van der Waals surface area contributed by atoms with Crippen molar-refractivity contribution < 1.29 is 4.79 Å². The first kappa shape index (κ1) is 9.45. The van der Waals surface area contributed by atoms with E-state index in [4.69, 9.17) is 0 Å². The SMILES string of the molecule is CC1C(=O)CCC1Cc1ccccc1. The van der Waals surface area contributed by atoms with Crippen molar-refractivity contribution in [3.63, 3.8) is 0 Å². The zero-order valence-corrected chi connectivity index (χ0v) is 8.57. The van der Waals surface area contributed by atoms with E-state index >= 15 is 0 Å². The van der Waals surface area contributed by atoms with Crippen LogP contribution in [0.2, 0.25) is 0 Å².